The number of nitrogens with zero attached hydrogens (tertiary/aromatic N) is 1. The van der Waals surface area contributed by atoms with Crippen LogP contribution in [0.4, 0.5) is 0 Å². The number of pyridine rings is 1. The van der Waals surface area contributed by atoms with Crippen LogP contribution in [0.25, 0.3) is 0 Å². The average molecular weight is 319 g/mol. The molecule has 0 radical (unpaired) electrons. The Kier molecular flexibility index (Phi) is 2.98. The Bertz CT molecular complexity index is 315. The summed E-state index contributed by atoms with van der Waals surface area (Å²) in [5, 5.41) is 0. The number of halogens is 2. The smallest absolute Gasteiger partial charge is 0.0413 e. The van der Waals surface area contributed by atoms with E-state index in [0.717, 1.165) is 10.9 Å². The zero-order valence-electron chi connectivity index (χ0n) is 8.13. The van der Waals surface area contributed by atoms with Gasteiger partial charge in [0.05, 0.1) is 0 Å². The van der Waals surface area contributed by atoms with Gasteiger partial charge in [-0.1, -0.05) is 22.9 Å². The van der Waals surface area contributed by atoms with Crippen molar-refractivity contribution in [1.82, 2.24) is 4.98 Å². The first-order valence-corrected chi connectivity index (χ1v) is 6.58. The number of hydrogen-bond acceptors (Lipinski definition) is 1. The normalized spacial score (nSPS) is 20.5. The molecule has 0 aliphatic heterocycles. The fourth-order valence-corrected chi connectivity index (χ4v) is 2.60. The first-order valence-electron chi connectivity index (χ1n) is 4.87. The van der Waals surface area contributed by atoms with Crippen molar-refractivity contribution in [3.05, 3.63) is 28.5 Å². The zero-order valence-corrected chi connectivity index (χ0v) is 11.3. The van der Waals surface area contributed by atoms with Crippen molar-refractivity contribution in [3.63, 3.8) is 0 Å². The highest BCUT2D eigenvalue weighted by Crippen LogP contribution is 2.53. The van der Waals surface area contributed by atoms with Crippen LogP contribution in [0.1, 0.15) is 25.5 Å². The van der Waals surface area contributed by atoms with Crippen LogP contribution in [-0.2, 0) is 6.42 Å². The number of aromatic nitrogens is 1. The van der Waals surface area contributed by atoms with E-state index in [-0.39, 0.29) is 0 Å². The Labute approximate surface area is 102 Å². The van der Waals surface area contributed by atoms with Crippen molar-refractivity contribution in [2.24, 2.45) is 5.41 Å². The van der Waals surface area contributed by atoms with Crippen molar-refractivity contribution < 1.29 is 0 Å². The van der Waals surface area contributed by atoms with Crippen LogP contribution < -0.4 is 0 Å². The average Bonchev–Trinajstić information content (AvgIpc) is 2.90. The molecule has 0 spiro atoms. The van der Waals surface area contributed by atoms with Crippen molar-refractivity contribution >= 4 is 31.9 Å². The Balaban J connectivity index is 2.08. The summed E-state index contributed by atoms with van der Waals surface area (Å²) in [6.45, 7) is 2.24. The largest absolute Gasteiger partial charge is 0.260 e. The Morgan fingerprint density at radius 2 is 2.21 bits per heavy atom. The van der Waals surface area contributed by atoms with Gasteiger partial charge in [0.2, 0.25) is 0 Å². The third kappa shape index (κ3) is 2.19. The standard InChI is InChI=1S/C11H13Br2N/c1-8(12)11(4-5-11)6-10-3-2-9(13)7-14-10/h2-3,7-8H,4-6H2,1H3. The van der Waals surface area contributed by atoms with Gasteiger partial charge in [-0.25, -0.2) is 0 Å². The van der Waals surface area contributed by atoms with Crippen molar-refractivity contribution in [2.75, 3.05) is 0 Å². The van der Waals surface area contributed by atoms with Crippen LogP contribution in [-0.4, -0.2) is 9.81 Å². The maximum atomic E-state index is 4.42. The van der Waals surface area contributed by atoms with Crippen molar-refractivity contribution in [3.8, 4) is 0 Å². The van der Waals surface area contributed by atoms with Gasteiger partial charge in [0.1, 0.15) is 0 Å². The molecule has 0 amide bonds. The van der Waals surface area contributed by atoms with Crippen LogP contribution in [0.5, 0.6) is 0 Å². The van der Waals surface area contributed by atoms with Crippen molar-refractivity contribution in [2.45, 2.75) is 31.0 Å². The predicted octanol–water partition coefficient (Wildman–Crippen LogP) is 3.95. The van der Waals surface area contributed by atoms with Crippen molar-refractivity contribution in [1.29, 1.82) is 0 Å². The van der Waals surface area contributed by atoms with E-state index in [4.69, 9.17) is 0 Å². The molecule has 1 aliphatic rings. The summed E-state index contributed by atoms with van der Waals surface area (Å²) in [7, 11) is 0. The van der Waals surface area contributed by atoms with E-state index in [9.17, 15) is 0 Å². The summed E-state index contributed by atoms with van der Waals surface area (Å²) in [4.78, 5) is 5.02. The summed E-state index contributed by atoms with van der Waals surface area (Å²) in [5.74, 6) is 0. The molecule has 1 aliphatic carbocycles. The number of alkyl halides is 1. The maximum Gasteiger partial charge on any atom is 0.0413 e. The van der Waals surface area contributed by atoms with Gasteiger partial charge in [0.15, 0.2) is 0 Å². The molecule has 1 heterocycles. The zero-order chi connectivity index (χ0) is 10.2. The number of rotatable bonds is 3. The lowest BCUT2D eigenvalue weighted by molar-refractivity contribution is 0.502. The maximum absolute atomic E-state index is 4.42. The monoisotopic (exact) mass is 317 g/mol. The molecule has 76 valence electrons. The highest BCUT2D eigenvalue weighted by molar-refractivity contribution is 9.10. The van der Waals surface area contributed by atoms with Crippen LogP contribution in [0.15, 0.2) is 22.8 Å². The Hall–Kier alpha value is 0.110. The lowest BCUT2D eigenvalue weighted by Crippen LogP contribution is -2.15. The van der Waals surface area contributed by atoms with E-state index in [2.05, 4.69) is 55.9 Å². The molecule has 0 bridgehead atoms. The first-order chi connectivity index (χ1) is 6.62. The molecule has 1 nitrogen and oxygen atoms in total. The van der Waals surface area contributed by atoms with Crippen LogP contribution >= 0.6 is 31.9 Å². The fourth-order valence-electron chi connectivity index (χ4n) is 1.75. The van der Waals surface area contributed by atoms with Gasteiger partial charge in [-0.05, 0) is 52.7 Å². The second kappa shape index (κ2) is 3.93. The van der Waals surface area contributed by atoms with Gasteiger partial charge in [-0.3, -0.25) is 4.98 Å². The minimum absolute atomic E-state index is 0.487. The van der Waals surface area contributed by atoms with E-state index in [1.54, 1.807) is 0 Å². The molecule has 0 aromatic carbocycles. The Morgan fingerprint density at radius 3 is 2.64 bits per heavy atom. The summed E-state index contributed by atoms with van der Waals surface area (Å²) in [6, 6.07) is 4.18. The molecule has 0 saturated heterocycles. The minimum atomic E-state index is 0.487. The fraction of sp³-hybridized carbons (Fsp3) is 0.545. The summed E-state index contributed by atoms with van der Waals surface area (Å²) >= 11 is 7.09. The van der Waals surface area contributed by atoms with Crippen LogP contribution in [0.3, 0.4) is 0 Å². The van der Waals surface area contributed by atoms with E-state index in [1.165, 1.54) is 18.5 Å². The highest BCUT2D eigenvalue weighted by Gasteiger charge is 2.46. The molecule has 1 unspecified atom stereocenters. The molecule has 1 aromatic rings. The molecule has 1 aromatic heterocycles. The number of hydrogen-bond donors (Lipinski definition) is 0. The van der Waals surface area contributed by atoms with Crippen LogP contribution in [0, 0.1) is 5.41 Å². The third-order valence-corrected chi connectivity index (χ3v) is 4.50. The summed E-state index contributed by atoms with van der Waals surface area (Å²) < 4.78 is 1.05. The molecule has 1 saturated carbocycles. The molecular formula is C11H13Br2N. The summed E-state index contributed by atoms with van der Waals surface area (Å²) in [5.41, 5.74) is 1.69. The SMILES string of the molecule is CC(Br)C1(Cc2ccc(Br)cn2)CC1. The van der Waals surface area contributed by atoms with E-state index in [1.807, 2.05) is 6.20 Å². The predicted molar refractivity (Wildman–Crippen MR) is 65.7 cm³/mol. The van der Waals surface area contributed by atoms with Gasteiger partial charge in [-0.2, -0.15) is 0 Å². The second-order valence-electron chi connectivity index (χ2n) is 4.12. The molecule has 2 rings (SSSR count). The van der Waals surface area contributed by atoms with Gasteiger partial charge in [-0.15, -0.1) is 0 Å². The molecule has 14 heavy (non-hydrogen) atoms. The van der Waals surface area contributed by atoms with Gasteiger partial charge in [0.25, 0.3) is 0 Å². The second-order valence-corrected chi connectivity index (χ2v) is 6.41. The minimum Gasteiger partial charge on any atom is -0.260 e. The van der Waals surface area contributed by atoms with Gasteiger partial charge < -0.3 is 0 Å². The third-order valence-electron chi connectivity index (χ3n) is 3.06. The molecular weight excluding hydrogens is 306 g/mol. The topological polar surface area (TPSA) is 12.9 Å². The molecule has 1 fully saturated rings. The van der Waals surface area contributed by atoms with Gasteiger partial charge >= 0.3 is 0 Å². The first kappa shape index (κ1) is 10.6. The lowest BCUT2D eigenvalue weighted by Gasteiger charge is -2.17. The van der Waals surface area contributed by atoms with E-state index >= 15 is 0 Å². The lowest BCUT2D eigenvalue weighted by atomic mass is 9.97. The highest BCUT2D eigenvalue weighted by atomic mass is 79.9. The van der Waals surface area contributed by atoms with E-state index < -0.39 is 0 Å². The molecule has 1 atom stereocenters. The summed E-state index contributed by atoms with van der Waals surface area (Å²) in [6.07, 6.45) is 5.64. The van der Waals surface area contributed by atoms with Crippen LogP contribution in [0.2, 0.25) is 0 Å². The quantitative estimate of drug-likeness (QED) is 0.769. The molecule has 0 N–H and O–H groups in total. The van der Waals surface area contributed by atoms with Gasteiger partial charge in [0, 0.05) is 21.2 Å². The molecule has 3 heteroatoms. The Morgan fingerprint density at radius 1 is 1.50 bits per heavy atom. The van der Waals surface area contributed by atoms with E-state index in [0.29, 0.717) is 10.2 Å².